The molecule has 6 nitrogen and oxygen atoms in total. The standard InChI is InChI=1S/C26H26N2O4S/c1-18-4-2-5-20(16-18)25(29)27-10-3-11-28(13-12-27)26(30)24-9-8-23(33-24)19-6-7-21-22(17-19)32-15-14-31-21/h2,4-9,16-17H,3,10-15H2,1H3. The van der Waals surface area contributed by atoms with E-state index in [0.717, 1.165) is 33.9 Å². The summed E-state index contributed by atoms with van der Waals surface area (Å²) in [6.07, 6.45) is 0.768. The minimum Gasteiger partial charge on any atom is -0.486 e. The first-order valence-electron chi connectivity index (χ1n) is 11.2. The van der Waals surface area contributed by atoms with Crippen LogP contribution in [0.2, 0.25) is 0 Å². The summed E-state index contributed by atoms with van der Waals surface area (Å²) in [6.45, 7) is 5.47. The fraction of sp³-hybridized carbons (Fsp3) is 0.308. The van der Waals surface area contributed by atoms with Gasteiger partial charge in [-0.1, -0.05) is 17.7 Å². The smallest absolute Gasteiger partial charge is 0.264 e. The third-order valence-corrected chi connectivity index (χ3v) is 7.10. The number of carbonyl (C=O) groups is 2. The molecule has 7 heteroatoms. The minimum atomic E-state index is 0.0219. The van der Waals surface area contributed by atoms with E-state index in [4.69, 9.17) is 9.47 Å². The molecule has 1 saturated heterocycles. The summed E-state index contributed by atoms with van der Waals surface area (Å²) in [5, 5.41) is 0. The molecular weight excluding hydrogens is 436 g/mol. The van der Waals surface area contributed by atoms with Crippen LogP contribution in [-0.4, -0.2) is 61.0 Å². The Hall–Kier alpha value is -3.32. The molecule has 0 radical (unpaired) electrons. The normalized spacial score (nSPS) is 15.8. The van der Waals surface area contributed by atoms with E-state index >= 15 is 0 Å². The summed E-state index contributed by atoms with van der Waals surface area (Å²) < 4.78 is 11.3. The number of benzene rings is 2. The maximum Gasteiger partial charge on any atom is 0.264 e. The maximum absolute atomic E-state index is 13.2. The van der Waals surface area contributed by atoms with Crippen molar-refractivity contribution in [3.8, 4) is 21.9 Å². The number of ether oxygens (including phenoxy) is 2. The van der Waals surface area contributed by atoms with Gasteiger partial charge in [0.1, 0.15) is 13.2 Å². The van der Waals surface area contributed by atoms with Crippen LogP contribution in [0.4, 0.5) is 0 Å². The lowest BCUT2D eigenvalue weighted by Gasteiger charge is -2.22. The van der Waals surface area contributed by atoms with Crippen LogP contribution in [0.3, 0.4) is 0 Å². The zero-order valence-corrected chi connectivity index (χ0v) is 19.4. The van der Waals surface area contributed by atoms with E-state index in [1.807, 2.05) is 71.3 Å². The monoisotopic (exact) mass is 462 g/mol. The van der Waals surface area contributed by atoms with Crippen LogP contribution in [0.1, 0.15) is 32.0 Å². The largest absolute Gasteiger partial charge is 0.486 e. The molecule has 33 heavy (non-hydrogen) atoms. The number of thiophene rings is 1. The van der Waals surface area contributed by atoms with Crippen LogP contribution in [0, 0.1) is 6.92 Å². The van der Waals surface area contributed by atoms with E-state index in [0.29, 0.717) is 49.8 Å². The topological polar surface area (TPSA) is 59.1 Å². The Balaban J connectivity index is 1.26. The van der Waals surface area contributed by atoms with Gasteiger partial charge in [0.2, 0.25) is 0 Å². The van der Waals surface area contributed by atoms with Gasteiger partial charge in [-0.05, 0) is 61.4 Å². The first-order valence-corrected chi connectivity index (χ1v) is 12.1. The van der Waals surface area contributed by atoms with Gasteiger partial charge in [0.15, 0.2) is 11.5 Å². The van der Waals surface area contributed by atoms with Crippen molar-refractivity contribution in [1.29, 1.82) is 0 Å². The van der Waals surface area contributed by atoms with Crippen molar-refractivity contribution in [2.24, 2.45) is 0 Å². The Kier molecular flexibility index (Phi) is 6.05. The number of nitrogens with zero attached hydrogens (tertiary/aromatic N) is 2. The number of fused-ring (bicyclic) bond motifs is 1. The van der Waals surface area contributed by atoms with Crippen molar-refractivity contribution in [3.05, 3.63) is 70.6 Å². The lowest BCUT2D eigenvalue weighted by atomic mass is 10.1. The van der Waals surface area contributed by atoms with Gasteiger partial charge in [-0.25, -0.2) is 0 Å². The Morgan fingerprint density at radius 1 is 0.818 bits per heavy atom. The second kappa shape index (κ2) is 9.27. The van der Waals surface area contributed by atoms with Gasteiger partial charge in [-0.15, -0.1) is 11.3 Å². The molecule has 0 aliphatic carbocycles. The highest BCUT2D eigenvalue weighted by molar-refractivity contribution is 7.17. The van der Waals surface area contributed by atoms with Crippen molar-refractivity contribution < 1.29 is 19.1 Å². The van der Waals surface area contributed by atoms with Crippen LogP contribution < -0.4 is 9.47 Å². The zero-order chi connectivity index (χ0) is 22.8. The van der Waals surface area contributed by atoms with Crippen molar-refractivity contribution in [2.75, 3.05) is 39.4 Å². The van der Waals surface area contributed by atoms with Crippen LogP contribution >= 0.6 is 11.3 Å². The molecule has 0 saturated carbocycles. The van der Waals surface area contributed by atoms with E-state index in [2.05, 4.69) is 0 Å². The van der Waals surface area contributed by atoms with Crippen LogP contribution in [0.5, 0.6) is 11.5 Å². The molecule has 0 spiro atoms. The predicted octanol–water partition coefficient (Wildman–Crippen LogP) is 4.48. The van der Waals surface area contributed by atoms with Gasteiger partial charge in [-0.2, -0.15) is 0 Å². The van der Waals surface area contributed by atoms with Gasteiger partial charge >= 0.3 is 0 Å². The summed E-state index contributed by atoms with van der Waals surface area (Å²) in [5.74, 6) is 1.55. The van der Waals surface area contributed by atoms with Gasteiger partial charge in [0.05, 0.1) is 4.88 Å². The summed E-state index contributed by atoms with van der Waals surface area (Å²) in [4.78, 5) is 31.6. The van der Waals surface area contributed by atoms with Crippen molar-refractivity contribution in [2.45, 2.75) is 13.3 Å². The maximum atomic E-state index is 13.2. The lowest BCUT2D eigenvalue weighted by molar-refractivity contribution is 0.0721. The van der Waals surface area contributed by atoms with Crippen LogP contribution in [0.25, 0.3) is 10.4 Å². The highest BCUT2D eigenvalue weighted by atomic mass is 32.1. The zero-order valence-electron chi connectivity index (χ0n) is 18.6. The number of rotatable bonds is 3. The molecule has 0 unspecified atom stereocenters. The SMILES string of the molecule is Cc1cccc(C(=O)N2CCCN(C(=O)c3ccc(-c4ccc5c(c4)OCCO5)s3)CC2)c1. The fourth-order valence-corrected chi connectivity index (χ4v) is 5.22. The van der Waals surface area contributed by atoms with Gasteiger partial charge in [-0.3, -0.25) is 9.59 Å². The number of amides is 2. The van der Waals surface area contributed by atoms with E-state index in [9.17, 15) is 9.59 Å². The summed E-state index contributed by atoms with van der Waals surface area (Å²) in [7, 11) is 0. The fourth-order valence-electron chi connectivity index (χ4n) is 4.24. The third kappa shape index (κ3) is 4.59. The molecule has 3 aromatic rings. The molecule has 3 heterocycles. The molecule has 0 atom stereocenters. The van der Waals surface area contributed by atoms with Gasteiger partial charge in [0.25, 0.3) is 11.8 Å². The number of aryl methyl sites for hydroxylation is 1. The first kappa shape index (κ1) is 21.5. The average Bonchev–Trinajstić information content (AvgIpc) is 3.21. The summed E-state index contributed by atoms with van der Waals surface area (Å²) in [6, 6.07) is 17.4. The molecule has 2 aliphatic rings. The lowest BCUT2D eigenvalue weighted by Crippen LogP contribution is -2.37. The molecule has 0 bridgehead atoms. The number of hydrogen-bond donors (Lipinski definition) is 0. The second-order valence-corrected chi connectivity index (χ2v) is 9.41. The molecule has 2 aliphatic heterocycles. The number of carbonyl (C=O) groups excluding carboxylic acids is 2. The predicted molar refractivity (Wildman–Crippen MR) is 128 cm³/mol. The number of hydrogen-bond acceptors (Lipinski definition) is 5. The Morgan fingerprint density at radius 2 is 1.58 bits per heavy atom. The quantitative estimate of drug-likeness (QED) is 0.576. The van der Waals surface area contributed by atoms with Crippen LogP contribution in [-0.2, 0) is 0 Å². The summed E-state index contributed by atoms with van der Waals surface area (Å²) in [5.41, 5.74) is 2.78. The Morgan fingerprint density at radius 3 is 2.36 bits per heavy atom. The molecule has 1 fully saturated rings. The second-order valence-electron chi connectivity index (χ2n) is 8.33. The summed E-state index contributed by atoms with van der Waals surface area (Å²) >= 11 is 1.48. The van der Waals surface area contributed by atoms with E-state index in [-0.39, 0.29) is 11.8 Å². The third-order valence-electron chi connectivity index (χ3n) is 5.98. The molecule has 5 rings (SSSR count). The van der Waals surface area contributed by atoms with E-state index in [1.165, 1.54) is 11.3 Å². The minimum absolute atomic E-state index is 0.0219. The average molecular weight is 463 g/mol. The van der Waals surface area contributed by atoms with Gasteiger partial charge in [0, 0.05) is 36.6 Å². The van der Waals surface area contributed by atoms with E-state index in [1.54, 1.807) is 0 Å². The molecule has 1 aromatic heterocycles. The molecule has 2 aromatic carbocycles. The van der Waals surface area contributed by atoms with E-state index < -0.39 is 0 Å². The Labute approximate surface area is 197 Å². The molecule has 0 N–H and O–H groups in total. The van der Waals surface area contributed by atoms with Crippen molar-refractivity contribution in [3.63, 3.8) is 0 Å². The first-order chi connectivity index (χ1) is 16.1. The highest BCUT2D eigenvalue weighted by Crippen LogP contribution is 2.37. The van der Waals surface area contributed by atoms with Crippen molar-refractivity contribution >= 4 is 23.2 Å². The van der Waals surface area contributed by atoms with Gasteiger partial charge < -0.3 is 19.3 Å². The Bertz CT molecular complexity index is 1190. The van der Waals surface area contributed by atoms with Crippen LogP contribution in [0.15, 0.2) is 54.6 Å². The molecule has 2 amide bonds. The van der Waals surface area contributed by atoms with Crippen molar-refractivity contribution in [1.82, 2.24) is 9.80 Å². The molecular formula is C26H26N2O4S. The highest BCUT2D eigenvalue weighted by Gasteiger charge is 2.25. The molecule has 170 valence electrons.